The molecule has 0 radical (unpaired) electrons. The third kappa shape index (κ3) is 3.20. The number of aryl methyl sites for hydroxylation is 3. The summed E-state index contributed by atoms with van der Waals surface area (Å²) in [5, 5.41) is 4.58. The molecule has 114 valence electrons. The molecule has 0 unspecified atom stereocenters. The zero-order chi connectivity index (χ0) is 15.4. The van der Waals surface area contributed by atoms with Crippen LogP contribution in [0.5, 0.6) is 0 Å². The van der Waals surface area contributed by atoms with Crippen molar-refractivity contribution in [3.05, 3.63) is 41.1 Å². The molecule has 4 nitrogen and oxygen atoms in total. The van der Waals surface area contributed by atoms with Gasteiger partial charge in [-0.1, -0.05) is 31.2 Å². The van der Waals surface area contributed by atoms with Gasteiger partial charge in [-0.3, -0.25) is 0 Å². The molecule has 0 aliphatic heterocycles. The van der Waals surface area contributed by atoms with Gasteiger partial charge < -0.3 is 10.6 Å². The summed E-state index contributed by atoms with van der Waals surface area (Å²) in [6.45, 7) is 11.1. The van der Waals surface area contributed by atoms with Crippen molar-refractivity contribution in [2.24, 2.45) is 0 Å². The fourth-order valence-corrected chi connectivity index (χ4v) is 2.61. The monoisotopic (exact) mass is 286 g/mol. The molecule has 0 saturated heterocycles. The fourth-order valence-electron chi connectivity index (χ4n) is 2.61. The van der Waals surface area contributed by atoms with Gasteiger partial charge in [0, 0.05) is 19.6 Å². The van der Waals surface area contributed by atoms with Crippen molar-refractivity contribution in [1.82, 2.24) is 9.78 Å². The van der Waals surface area contributed by atoms with Crippen LogP contribution >= 0.6 is 0 Å². The average molecular weight is 286 g/mol. The molecule has 2 aromatic rings. The molecular weight excluding hydrogens is 260 g/mol. The Hall–Kier alpha value is -1.97. The van der Waals surface area contributed by atoms with E-state index in [0.29, 0.717) is 0 Å². The van der Waals surface area contributed by atoms with E-state index >= 15 is 0 Å². The number of anilines is 2. The molecule has 1 heterocycles. The van der Waals surface area contributed by atoms with Gasteiger partial charge in [-0.15, -0.1) is 0 Å². The predicted octanol–water partition coefficient (Wildman–Crippen LogP) is 3.52. The van der Waals surface area contributed by atoms with Crippen molar-refractivity contribution in [1.29, 1.82) is 0 Å². The van der Waals surface area contributed by atoms with Gasteiger partial charge in [0.2, 0.25) is 0 Å². The van der Waals surface area contributed by atoms with E-state index in [9.17, 15) is 0 Å². The van der Waals surface area contributed by atoms with Crippen LogP contribution in [0.3, 0.4) is 0 Å². The Morgan fingerprint density at radius 2 is 1.90 bits per heavy atom. The van der Waals surface area contributed by atoms with Crippen LogP contribution in [0.15, 0.2) is 24.3 Å². The highest BCUT2D eigenvalue weighted by Crippen LogP contribution is 2.28. The number of nitrogens with zero attached hydrogens (tertiary/aromatic N) is 3. The lowest BCUT2D eigenvalue weighted by Crippen LogP contribution is -2.26. The van der Waals surface area contributed by atoms with E-state index in [4.69, 9.17) is 5.73 Å². The molecule has 2 rings (SSSR count). The van der Waals surface area contributed by atoms with Crippen molar-refractivity contribution in [2.75, 3.05) is 17.2 Å². The third-order valence-corrected chi connectivity index (χ3v) is 3.89. The molecule has 1 aromatic heterocycles. The van der Waals surface area contributed by atoms with Gasteiger partial charge in [0.15, 0.2) is 5.82 Å². The summed E-state index contributed by atoms with van der Waals surface area (Å²) in [5.74, 6) is 1.06. The first-order valence-electron chi connectivity index (χ1n) is 7.70. The lowest BCUT2D eigenvalue weighted by atomic mass is 10.1. The topological polar surface area (TPSA) is 47.1 Å². The summed E-state index contributed by atoms with van der Waals surface area (Å²) in [5.41, 5.74) is 10.6. The van der Waals surface area contributed by atoms with Crippen molar-refractivity contribution in [3.63, 3.8) is 0 Å². The predicted molar refractivity (Wildman–Crippen MR) is 89.6 cm³/mol. The Morgan fingerprint density at radius 1 is 1.19 bits per heavy atom. The fraction of sp³-hybridized carbons (Fsp3) is 0.471. The van der Waals surface area contributed by atoms with Crippen LogP contribution in [0.4, 0.5) is 11.5 Å². The first-order valence-corrected chi connectivity index (χ1v) is 7.70. The Kier molecular flexibility index (Phi) is 4.89. The highest BCUT2D eigenvalue weighted by atomic mass is 15.4. The van der Waals surface area contributed by atoms with Gasteiger partial charge >= 0.3 is 0 Å². The molecule has 0 saturated carbocycles. The van der Waals surface area contributed by atoms with Crippen LogP contribution < -0.4 is 10.6 Å². The maximum atomic E-state index is 6.28. The molecule has 0 atom stereocenters. The normalized spacial score (nSPS) is 10.9. The maximum Gasteiger partial charge on any atom is 0.150 e. The molecule has 2 N–H and O–H groups in total. The SMILES string of the molecule is CCCn1nc(C)c(N)c1N(CC)Cc1ccccc1C. The van der Waals surface area contributed by atoms with Gasteiger partial charge in [-0.2, -0.15) is 5.10 Å². The van der Waals surface area contributed by atoms with E-state index in [2.05, 4.69) is 55.0 Å². The quantitative estimate of drug-likeness (QED) is 0.884. The zero-order valence-corrected chi connectivity index (χ0v) is 13.6. The highest BCUT2D eigenvalue weighted by Gasteiger charge is 2.18. The van der Waals surface area contributed by atoms with Gasteiger partial charge in [0.1, 0.15) is 0 Å². The minimum absolute atomic E-state index is 0.805. The molecule has 21 heavy (non-hydrogen) atoms. The van der Waals surface area contributed by atoms with E-state index < -0.39 is 0 Å². The number of benzene rings is 1. The van der Waals surface area contributed by atoms with Crippen LogP contribution in [0, 0.1) is 13.8 Å². The maximum absolute atomic E-state index is 6.28. The molecule has 0 amide bonds. The van der Waals surface area contributed by atoms with Gasteiger partial charge in [-0.05, 0) is 38.3 Å². The van der Waals surface area contributed by atoms with Gasteiger partial charge in [0.05, 0.1) is 11.4 Å². The second-order valence-electron chi connectivity index (χ2n) is 5.49. The molecule has 0 bridgehead atoms. The smallest absolute Gasteiger partial charge is 0.150 e. The summed E-state index contributed by atoms with van der Waals surface area (Å²) in [7, 11) is 0. The summed E-state index contributed by atoms with van der Waals surface area (Å²) < 4.78 is 2.05. The van der Waals surface area contributed by atoms with Gasteiger partial charge in [0.25, 0.3) is 0 Å². The molecule has 0 aliphatic carbocycles. The third-order valence-electron chi connectivity index (χ3n) is 3.89. The number of nitrogen functional groups attached to an aromatic ring is 1. The first-order chi connectivity index (χ1) is 10.1. The molecule has 0 aliphatic rings. The van der Waals surface area contributed by atoms with Crippen molar-refractivity contribution < 1.29 is 0 Å². The lowest BCUT2D eigenvalue weighted by molar-refractivity contribution is 0.585. The number of hydrogen-bond donors (Lipinski definition) is 1. The summed E-state index contributed by atoms with van der Waals surface area (Å²) >= 11 is 0. The molecular formula is C17H26N4. The number of aromatic nitrogens is 2. The van der Waals surface area contributed by atoms with E-state index in [1.54, 1.807) is 0 Å². The van der Waals surface area contributed by atoms with Crippen LogP contribution in [0.25, 0.3) is 0 Å². The zero-order valence-electron chi connectivity index (χ0n) is 13.6. The molecule has 1 aromatic carbocycles. The Bertz CT molecular complexity index is 601. The minimum atomic E-state index is 0.805. The van der Waals surface area contributed by atoms with Crippen LogP contribution in [-0.2, 0) is 13.1 Å². The minimum Gasteiger partial charge on any atom is -0.394 e. The standard InChI is InChI=1S/C17H26N4/c1-5-11-21-17(16(18)14(4)19-21)20(6-2)12-15-10-8-7-9-13(15)3/h7-10H,5-6,11-12,18H2,1-4H3. The van der Waals surface area contributed by atoms with Crippen molar-refractivity contribution in [3.8, 4) is 0 Å². The van der Waals surface area contributed by atoms with Crippen LogP contribution in [-0.4, -0.2) is 16.3 Å². The lowest BCUT2D eigenvalue weighted by Gasteiger charge is -2.25. The van der Waals surface area contributed by atoms with Crippen molar-refractivity contribution in [2.45, 2.75) is 47.2 Å². The van der Waals surface area contributed by atoms with E-state index in [-0.39, 0.29) is 0 Å². The molecule has 4 heteroatoms. The Balaban J connectivity index is 2.35. The Labute approximate surface area is 127 Å². The molecule has 0 fully saturated rings. The van der Waals surface area contributed by atoms with E-state index in [1.807, 2.05) is 11.6 Å². The second-order valence-corrected chi connectivity index (χ2v) is 5.49. The highest BCUT2D eigenvalue weighted by molar-refractivity contribution is 5.66. The average Bonchev–Trinajstić information content (AvgIpc) is 2.74. The number of nitrogens with two attached hydrogens (primary N) is 1. The van der Waals surface area contributed by atoms with Crippen LogP contribution in [0.1, 0.15) is 37.1 Å². The second kappa shape index (κ2) is 6.66. The van der Waals surface area contributed by atoms with E-state index in [0.717, 1.165) is 43.3 Å². The summed E-state index contributed by atoms with van der Waals surface area (Å²) in [6, 6.07) is 8.51. The van der Waals surface area contributed by atoms with Crippen LogP contribution in [0.2, 0.25) is 0 Å². The summed E-state index contributed by atoms with van der Waals surface area (Å²) in [4.78, 5) is 2.31. The first kappa shape index (κ1) is 15.4. The summed E-state index contributed by atoms with van der Waals surface area (Å²) in [6.07, 6.45) is 1.05. The largest absolute Gasteiger partial charge is 0.394 e. The van der Waals surface area contributed by atoms with Crippen molar-refractivity contribution >= 4 is 11.5 Å². The molecule has 0 spiro atoms. The number of hydrogen-bond acceptors (Lipinski definition) is 3. The number of rotatable bonds is 6. The van der Waals surface area contributed by atoms with E-state index in [1.165, 1.54) is 11.1 Å². The Morgan fingerprint density at radius 3 is 2.52 bits per heavy atom. The van der Waals surface area contributed by atoms with Gasteiger partial charge in [-0.25, -0.2) is 4.68 Å².